The summed E-state index contributed by atoms with van der Waals surface area (Å²) in [5, 5.41) is 0. The molecule has 0 amide bonds. The predicted molar refractivity (Wildman–Crippen MR) is 57.3 cm³/mol. The van der Waals surface area contributed by atoms with Crippen LogP contribution in [0.3, 0.4) is 0 Å². The molecule has 0 spiro atoms. The van der Waals surface area contributed by atoms with Crippen LogP contribution in [0, 0.1) is 0 Å². The quantitative estimate of drug-likeness (QED) is 0.598. The first-order valence-electron chi connectivity index (χ1n) is 4.95. The molecule has 0 saturated carbocycles. The first-order valence-corrected chi connectivity index (χ1v) is 4.95. The van der Waals surface area contributed by atoms with Gasteiger partial charge in [0.05, 0.1) is 18.0 Å². The van der Waals surface area contributed by atoms with Gasteiger partial charge in [-0.2, -0.15) is 0 Å². The average Bonchev–Trinajstić information content (AvgIpc) is 2.56. The third kappa shape index (κ3) is 2.70. The molecule has 1 aliphatic heterocycles. The van der Waals surface area contributed by atoms with Gasteiger partial charge >= 0.3 is 22.4 Å². The van der Waals surface area contributed by atoms with Crippen LogP contribution in [0.2, 0.25) is 0 Å². The topological polar surface area (TPSA) is 6.48 Å². The number of hydrogen-bond acceptors (Lipinski definition) is 2. The van der Waals surface area contributed by atoms with Gasteiger partial charge in [0.15, 0.2) is 0 Å². The van der Waals surface area contributed by atoms with Crippen molar-refractivity contribution in [2.24, 2.45) is 0 Å². The van der Waals surface area contributed by atoms with Crippen LogP contribution in [-0.2, 0) is 22.4 Å². The van der Waals surface area contributed by atoms with Crippen molar-refractivity contribution in [1.29, 1.82) is 0 Å². The van der Waals surface area contributed by atoms with Crippen LogP contribution in [0.4, 0.5) is 11.4 Å². The third-order valence-corrected chi connectivity index (χ3v) is 2.67. The maximum absolute atomic E-state index is 2.40. The summed E-state index contributed by atoms with van der Waals surface area (Å²) >= 11 is 0. The van der Waals surface area contributed by atoms with E-state index in [-0.39, 0.29) is 34.8 Å². The van der Waals surface area contributed by atoms with Crippen molar-refractivity contribution >= 4 is 11.4 Å². The van der Waals surface area contributed by atoms with Gasteiger partial charge in [-0.05, 0) is 26.0 Å². The standard InChI is InChI=1S/C11H16N2.Au.ClH/c1-3-12-9-13(4-2)11-8-6-5-7-10(11)12;;/h5-8H,3-4,9H2,1-2H3;;1H/q;+1;/p-1. The molecule has 2 nitrogen and oxygen atoms in total. The van der Waals surface area contributed by atoms with E-state index >= 15 is 0 Å². The van der Waals surface area contributed by atoms with Gasteiger partial charge in [0.2, 0.25) is 0 Å². The summed E-state index contributed by atoms with van der Waals surface area (Å²) in [5.74, 6) is 0. The first kappa shape index (κ1) is 14.9. The first-order chi connectivity index (χ1) is 6.36. The van der Waals surface area contributed by atoms with E-state index in [9.17, 15) is 0 Å². The Morgan fingerprint density at radius 2 is 1.40 bits per heavy atom. The van der Waals surface area contributed by atoms with Crippen molar-refractivity contribution in [2.45, 2.75) is 13.8 Å². The van der Waals surface area contributed by atoms with Crippen molar-refractivity contribution < 1.29 is 34.8 Å². The Bertz CT molecular complexity index is 277. The molecule has 0 radical (unpaired) electrons. The molecule has 15 heavy (non-hydrogen) atoms. The van der Waals surface area contributed by atoms with E-state index in [0.717, 1.165) is 19.8 Å². The van der Waals surface area contributed by atoms with Crippen LogP contribution in [0.25, 0.3) is 0 Å². The van der Waals surface area contributed by atoms with Crippen LogP contribution in [-0.4, -0.2) is 19.8 Å². The molecule has 0 aliphatic carbocycles. The minimum absolute atomic E-state index is 0. The molecule has 0 fully saturated rings. The van der Waals surface area contributed by atoms with Gasteiger partial charge in [-0.3, -0.25) is 0 Å². The Kier molecular flexibility index (Phi) is 6.37. The van der Waals surface area contributed by atoms with Crippen molar-refractivity contribution in [2.75, 3.05) is 29.6 Å². The summed E-state index contributed by atoms with van der Waals surface area (Å²) in [6.07, 6.45) is 0. The maximum Gasteiger partial charge on any atom is 1.00 e. The Morgan fingerprint density at radius 1 is 1.00 bits per heavy atom. The smallest absolute Gasteiger partial charge is 1.00 e. The summed E-state index contributed by atoms with van der Waals surface area (Å²) in [7, 11) is 0. The number of anilines is 2. The Morgan fingerprint density at radius 3 is 1.73 bits per heavy atom. The van der Waals surface area contributed by atoms with E-state index in [1.54, 1.807) is 0 Å². The van der Waals surface area contributed by atoms with Crippen molar-refractivity contribution in [1.82, 2.24) is 0 Å². The van der Waals surface area contributed by atoms with E-state index < -0.39 is 0 Å². The third-order valence-electron chi connectivity index (χ3n) is 2.67. The fourth-order valence-corrected chi connectivity index (χ4v) is 1.90. The predicted octanol–water partition coefficient (Wildman–Crippen LogP) is -0.688. The molecule has 0 saturated heterocycles. The van der Waals surface area contributed by atoms with Gasteiger partial charge in [0.25, 0.3) is 0 Å². The maximum atomic E-state index is 2.40. The van der Waals surface area contributed by atoms with Gasteiger partial charge in [-0.1, -0.05) is 12.1 Å². The van der Waals surface area contributed by atoms with Gasteiger partial charge in [0.1, 0.15) is 0 Å². The van der Waals surface area contributed by atoms with Gasteiger partial charge in [-0.15, -0.1) is 0 Å². The zero-order chi connectivity index (χ0) is 9.26. The normalized spacial score (nSPS) is 12.9. The van der Waals surface area contributed by atoms with E-state index in [1.165, 1.54) is 11.4 Å². The zero-order valence-corrected chi connectivity index (χ0v) is 11.9. The number of fused-ring (bicyclic) bond motifs is 1. The Balaban J connectivity index is 0.000000980. The molecule has 88 valence electrons. The molecule has 4 heteroatoms. The Labute approximate surface area is 114 Å². The fourth-order valence-electron chi connectivity index (χ4n) is 1.90. The largest absolute Gasteiger partial charge is 1.00 e. The molecule has 2 rings (SSSR count). The number of benzene rings is 1. The number of rotatable bonds is 2. The second kappa shape index (κ2) is 6.44. The fraction of sp³-hybridized carbons (Fsp3) is 0.455. The number of halogens is 1. The molecule has 0 unspecified atom stereocenters. The molecule has 1 aliphatic rings. The summed E-state index contributed by atoms with van der Waals surface area (Å²) in [6, 6.07) is 8.63. The van der Waals surface area contributed by atoms with Crippen LogP contribution in [0.15, 0.2) is 24.3 Å². The van der Waals surface area contributed by atoms with Crippen molar-refractivity contribution in [3.05, 3.63) is 24.3 Å². The molecule has 1 aromatic carbocycles. The second-order valence-electron chi connectivity index (χ2n) is 3.34. The molecule has 0 atom stereocenters. The molecular formula is C11H16AuClN2. The minimum atomic E-state index is 0. The number of hydrogen-bond donors (Lipinski definition) is 0. The van der Waals surface area contributed by atoms with Crippen molar-refractivity contribution in [3.8, 4) is 0 Å². The van der Waals surface area contributed by atoms with Gasteiger partial charge < -0.3 is 22.2 Å². The minimum Gasteiger partial charge on any atom is -1.00 e. The van der Waals surface area contributed by atoms with E-state index in [1.807, 2.05) is 0 Å². The van der Waals surface area contributed by atoms with Crippen LogP contribution in [0.1, 0.15) is 13.8 Å². The summed E-state index contributed by atoms with van der Waals surface area (Å²) in [5.41, 5.74) is 2.76. The molecule has 1 heterocycles. The molecule has 0 bridgehead atoms. The Hall–Kier alpha value is -0.150. The molecule has 0 N–H and O–H groups in total. The summed E-state index contributed by atoms with van der Waals surface area (Å²) < 4.78 is 0. The van der Waals surface area contributed by atoms with Crippen LogP contribution in [0.5, 0.6) is 0 Å². The van der Waals surface area contributed by atoms with E-state index in [2.05, 4.69) is 47.9 Å². The summed E-state index contributed by atoms with van der Waals surface area (Å²) in [6.45, 7) is 7.64. The van der Waals surface area contributed by atoms with Crippen molar-refractivity contribution in [3.63, 3.8) is 0 Å². The second-order valence-corrected chi connectivity index (χ2v) is 3.34. The van der Waals surface area contributed by atoms with Gasteiger partial charge in [-0.25, -0.2) is 0 Å². The monoisotopic (exact) mass is 408 g/mol. The van der Waals surface area contributed by atoms with Crippen LogP contribution >= 0.6 is 0 Å². The van der Waals surface area contributed by atoms with E-state index in [0.29, 0.717) is 0 Å². The average molecular weight is 409 g/mol. The SMILES string of the molecule is CCN1CN(CC)c2ccccc21.[Au+].[Cl-]. The molecular weight excluding hydrogens is 393 g/mol. The zero-order valence-electron chi connectivity index (χ0n) is 9.00. The molecule has 1 aromatic rings. The number of nitrogens with zero attached hydrogens (tertiary/aromatic N) is 2. The van der Waals surface area contributed by atoms with Gasteiger partial charge in [0, 0.05) is 13.1 Å². The van der Waals surface area contributed by atoms with E-state index in [4.69, 9.17) is 0 Å². The molecule has 0 aromatic heterocycles. The van der Waals surface area contributed by atoms with Crippen LogP contribution < -0.4 is 22.2 Å². The summed E-state index contributed by atoms with van der Waals surface area (Å²) in [4.78, 5) is 4.80. The number of para-hydroxylation sites is 2.